The van der Waals surface area contributed by atoms with Crippen LogP contribution >= 0.6 is 11.3 Å². The molecule has 0 amide bonds. The third kappa shape index (κ3) is 4.51. The van der Waals surface area contributed by atoms with Crippen LogP contribution < -0.4 is 10.6 Å². The summed E-state index contributed by atoms with van der Waals surface area (Å²) in [6, 6.07) is 16.7. The molecule has 3 heterocycles. The van der Waals surface area contributed by atoms with Gasteiger partial charge in [0.25, 0.3) is 0 Å². The van der Waals surface area contributed by atoms with Gasteiger partial charge < -0.3 is 10.6 Å². The van der Waals surface area contributed by atoms with Gasteiger partial charge in [-0.15, -0.1) is 11.3 Å². The highest BCUT2D eigenvalue weighted by Crippen LogP contribution is 2.28. The van der Waals surface area contributed by atoms with Crippen molar-refractivity contribution in [3.8, 4) is 22.4 Å². The summed E-state index contributed by atoms with van der Waals surface area (Å²) in [5.41, 5.74) is 8.01. The Morgan fingerprint density at radius 3 is 2.55 bits per heavy atom. The van der Waals surface area contributed by atoms with Crippen molar-refractivity contribution in [3.05, 3.63) is 77.8 Å². The molecular weight excluding hydrogens is 430 g/mol. The van der Waals surface area contributed by atoms with Crippen molar-refractivity contribution in [1.82, 2.24) is 24.9 Å². The minimum atomic E-state index is 0.0496. The van der Waals surface area contributed by atoms with E-state index in [0.29, 0.717) is 5.95 Å². The molecule has 2 aromatic carbocycles. The van der Waals surface area contributed by atoms with Gasteiger partial charge in [0, 0.05) is 42.7 Å². The van der Waals surface area contributed by atoms with Gasteiger partial charge >= 0.3 is 0 Å². The summed E-state index contributed by atoms with van der Waals surface area (Å²) in [5, 5.41) is 6.48. The van der Waals surface area contributed by atoms with Gasteiger partial charge in [0.1, 0.15) is 11.6 Å². The van der Waals surface area contributed by atoms with Gasteiger partial charge in [0.15, 0.2) is 0 Å². The first-order valence-corrected chi connectivity index (χ1v) is 11.5. The van der Waals surface area contributed by atoms with E-state index in [1.54, 1.807) is 18.4 Å². The summed E-state index contributed by atoms with van der Waals surface area (Å²) in [4.78, 5) is 22.3. The van der Waals surface area contributed by atoms with Gasteiger partial charge in [-0.1, -0.05) is 24.3 Å². The lowest BCUT2D eigenvalue weighted by molar-refractivity contribution is 0.868. The summed E-state index contributed by atoms with van der Waals surface area (Å²) in [5.74, 6) is 2.12. The number of aromatic nitrogens is 5. The average molecular weight is 454 g/mol. The second-order valence-corrected chi connectivity index (χ2v) is 8.64. The molecule has 0 aliphatic rings. The molecule has 0 aliphatic heterocycles. The number of anilines is 2. The maximum Gasteiger partial charge on any atom is 0.222 e. The Morgan fingerprint density at radius 2 is 1.73 bits per heavy atom. The average Bonchev–Trinajstić information content (AvgIpc) is 3.32. The Kier molecular flexibility index (Phi) is 5.66. The Bertz CT molecular complexity index is 1410. The summed E-state index contributed by atoms with van der Waals surface area (Å²) in [7, 11) is 1.81. The third-order valence-electron chi connectivity index (χ3n) is 5.42. The zero-order valence-corrected chi connectivity index (χ0v) is 19.4. The lowest BCUT2D eigenvalue weighted by atomic mass is 10.0. The summed E-state index contributed by atoms with van der Waals surface area (Å²) < 4.78 is 1.15. The molecule has 5 aromatic rings. The van der Waals surface area contributed by atoms with Gasteiger partial charge in [-0.05, 0) is 43.2 Å². The smallest absolute Gasteiger partial charge is 0.222 e. The van der Waals surface area contributed by atoms with Crippen molar-refractivity contribution in [1.29, 1.82) is 0 Å². The van der Waals surface area contributed by atoms with E-state index >= 15 is 0 Å². The first kappa shape index (κ1) is 21.0. The fourth-order valence-corrected chi connectivity index (χ4v) is 4.42. The molecule has 1 atom stereocenters. The lowest BCUT2D eigenvalue weighted by Gasteiger charge is -2.17. The quantitative estimate of drug-likeness (QED) is 0.339. The molecule has 0 spiro atoms. The molecule has 0 saturated carbocycles. The largest absolute Gasteiger partial charge is 0.363 e. The highest BCUT2D eigenvalue weighted by Gasteiger charge is 2.11. The molecule has 3 aromatic heterocycles. The maximum atomic E-state index is 4.66. The fraction of sp³-hybridized carbons (Fsp3) is 0.160. The Morgan fingerprint density at radius 1 is 0.879 bits per heavy atom. The van der Waals surface area contributed by atoms with Crippen molar-refractivity contribution in [3.63, 3.8) is 0 Å². The number of fused-ring (bicyclic) bond motifs is 1. The van der Waals surface area contributed by atoms with Gasteiger partial charge in [-0.3, -0.25) is 0 Å². The zero-order valence-electron chi connectivity index (χ0n) is 18.6. The first-order valence-electron chi connectivity index (χ1n) is 10.6. The maximum absolute atomic E-state index is 4.66. The van der Waals surface area contributed by atoms with Crippen LogP contribution in [0.5, 0.6) is 0 Å². The number of aryl methyl sites for hydroxylation is 1. The summed E-state index contributed by atoms with van der Waals surface area (Å²) >= 11 is 1.63. The van der Waals surface area contributed by atoms with Crippen LogP contribution in [-0.4, -0.2) is 32.0 Å². The van der Waals surface area contributed by atoms with E-state index < -0.39 is 0 Å². The van der Waals surface area contributed by atoms with E-state index in [0.717, 1.165) is 49.8 Å². The number of benzene rings is 2. The van der Waals surface area contributed by atoms with Crippen LogP contribution in [0, 0.1) is 6.92 Å². The molecule has 0 saturated heterocycles. The van der Waals surface area contributed by atoms with Crippen LogP contribution in [0.15, 0.2) is 66.4 Å². The topological polar surface area (TPSA) is 88.5 Å². The second kappa shape index (κ2) is 8.91. The van der Waals surface area contributed by atoms with E-state index in [9.17, 15) is 0 Å². The first-order chi connectivity index (χ1) is 16.1. The third-order valence-corrected chi connectivity index (χ3v) is 6.22. The van der Waals surface area contributed by atoms with Crippen molar-refractivity contribution in [2.24, 2.45) is 0 Å². The SMILES string of the molecule is CNc1ncc(-c2cccc([C@H](C)Nc3cc(-c4ccc5ncsc5c4)nc(C)n3)c2)cn1. The van der Waals surface area contributed by atoms with Gasteiger partial charge in [0.05, 0.1) is 21.4 Å². The van der Waals surface area contributed by atoms with Crippen LogP contribution in [0.3, 0.4) is 0 Å². The normalized spacial score (nSPS) is 12.0. The molecule has 0 bridgehead atoms. The Balaban J connectivity index is 1.40. The predicted molar refractivity (Wildman–Crippen MR) is 134 cm³/mol. The van der Waals surface area contributed by atoms with Crippen LogP contribution in [0.4, 0.5) is 11.8 Å². The number of hydrogen-bond acceptors (Lipinski definition) is 8. The van der Waals surface area contributed by atoms with Crippen molar-refractivity contribution in [2.75, 3.05) is 17.7 Å². The standard InChI is InChI=1S/C25H23N7S/c1-15(17-5-4-6-18(9-17)20-12-27-25(26-3)28-13-20)30-24-11-22(31-16(2)32-24)19-7-8-21-23(10-19)33-14-29-21/h4-15H,1-3H3,(H,26,27,28)(H,30,31,32)/t15-/m0/s1. The minimum Gasteiger partial charge on any atom is -0.363 e. The number of hydrogen-bond donors (Lipinski definition) is 2. The van der Waals surface area contributed by atoms with Crippen LogP contribution in [-0.2, 0) is 0 Å². The number of nitrogens with one attached hydrogen (secondary N) is 2. The number of rotatable bonds is 6. The molecule has 7 nitrogen and oxygen atoms in total. The van der Waals surface area contributed by atoms with E-state index in [-0.39, 0.29) is 6.04 Å². The highest BCUT2D eigenvalue weighted by atomic mass is 32.1. The predicted octanol–water partition coefficient (Wildman–Crippen LogP) is 5.73. The van der Waals surface area contributed by atoms with E-state index in [2.05, 4.69) is 78.9 Å². The van der Waals surface area contributed by atoms with Crippen LogP contribution in [0.2, 0.25) is 0 Å². The zero-order chi connectivity index (χ0) is 22.8. The molecule has 164 valence electrons. The van der Waals surface area contributed by atoms with E-state index in [4.69, 9.17) is 0 Å². The number of thiazole rings is 1. The summed E-state index contributed by atoms with van der Waals surface area (Å²) in [6.45, 7) is 4.04. The number of nitrogens with zero attached hydrogens (tertiary/aromatic N) is 5. The Labute approximate surface area is 196 Å². The highest BCUT2D eigenvalue weighted by molar-refractivity contribution is 7.16. The molecular formula is C25H23N7S. The van der Waals surface area contributed by atoms with Crippen LogP contribution in [0.1, 0.15) is 24.4 Å². The second-order valence-electron chi connectivity index (χ2n) is 7.76. The summed E-state index contributed by atoms with van der Waals surface area (Å²) in [6.07, 6.45) is 3.66. The molecule has 33 heavy (non-hydrogen) atoms. The molecule has 0 aliphatic carbocycles. The van der Waals surface area contributed by atoms with Gasteiger partial charge in [-0.25, -0.2) is 24.9 Å². The molecule has 8 heteroatoms. The van der Waals surface area contributed by atoms with Crippen molar-refractivity contribution in [2.45, 2.75) is 19.9 Å². The van der Waals surface area contributed by atoms with Gasteiger partial charge in [0.2, 0.25) is 5.95 Å². The molecule has 0 fully saturated rings. The minimum absolute atomic E-state index is 0.0496. The Hall–Kier alpha value is -3.91. The lowest BCUT2D eigenvalue weighted by Crippen LogP contribution is -2.09. The van der Waals surface area contributed by atoms with Crippen molar-refractivity contribution < 1.29 is 0 Å². The molecule has 5 rings (SSSR count). The molecule has 0 unspecified atom stereocenters. The van der Waals surface area contributed by atoms with E-state index in [1.807, 2.05) is 37.0 Å². The van der Waals surface area contributed by atoms with Crippen LogP contribution in [0.25, 0.3) is 32.6 Å². The molecule has 0 radical (unpaired) electrons. The van der Waals surface area contributed by atoms with Crippen molar-refractivity contribution >= 4 is 33.3 Å². The monoisotopic (exact) mass is 453 g/mol. The van der Waals surface area contributed by atoms with Gasteiger partial charge in [-0.2, -0.15) is 0 Å². The molecule has 2 N–H and O–H groups in total. The fourth-order valence-electron chi connectivity index (χ4n) is 3.70. The van der Waals surface area contributed by atoms with E-state index in [1.165, 1.54) is 0 Å².